The van der Waals surface area contributed by atoms with Crippen LogP contribution in [0.1, 0.15) is 5.89 Å². The van der Waals surface area contributed by atoms with Gasteiger partial charge in [0.05, 0.1) is 18.1 Å². The summed E-state index contributed by atoms with van der Waals surface area (Å²) in [5, 5.41) is 7.33. The number of nitrogens with one attached hydrogen (secondary N) is 1. The number of hydrogen-bond donors (Lipinski definition) is 1. The Balaban J connectivity index is 2.08. The summed E-state index contributed by atoms with van der Waals surface area (Å²) in [6, 6.07) is 3.45. The van der Waals surface area contributed by atoms with Crippen molar-refractivity contribution in [3.8, 4) is 23.9 Å². The molecule has 0 unspecified atom stereocenters. The Bertz CT molecular complexity index is 529. The molecule has 0 amide bonds. The Morgan fingerprint density at radius 1 is 1.47 bits per heavy atom. The van der Waals surface area contributed by atoms with Crippen LogP contribution >= 0.6 is 11.6 Å². The van der Waals surface area contributed by atoms with Crippen molar-refractivity contribution in [3.05, 3.63) is 29.2 Å². The molecular formula is C11H9ClN4O. The molecule has 0 aliphatic heterocycles. The first-order chi connectivity index (χ1) is 8.29. The van der Waals surface area contributed by atoms with Crippen molar-refractivity contribution < 1.29 is 4.52 Å². The third-order valence-corrected chi connectivity index (χ3v) is 2.15. The van der Waals surface area contributed by atoms with Crippen molar-refractivity contribution >= 4 is 11.6 Å². The van der Waals surface area contributed by atoms with E-state index in [2.05, 4.69) is 26.4 Å². The minimum absolute atomic E-state index is 0.430. The van der Waals surface area contributed by atoms with E-state index in [9.17, 15) is 0 Å². The average molecular weight is 249 g/mol. The Morgan fingerprint density at radius 3 is 3.06 bits per heavy atom. The third kappa shape index (κ3) is 3.03. The van der Waals surface area contributed by atoms with Crippen molar-refractivity contribution in [2.24, 2.45) is 0 Å². The highest BCUT2D eigenvalue weighted by Crippen LogP contribution is 2.15. The van der Waals surface area contributed by atoms with Gasteiger partial charge in [-0.3, -0.25) is 10.3 Å². The van der Waals surface area contributed by atoms with Crippen LogP contribution in [0.4, 0.5) is 0 Å². The lowest BCUT2D eigenvalue weighted by molar-refractivity contribution is 0.370. The molecule has 0 saturated carbocycles. The van der Waals surface area contributed by atoms with E-state index in [1.54, 1.807) is 12.1 Å². The Kier molecular flexibility index (Phi) is 3.70. The van der Waals surface area contributed by atoms with Crippen molar-refractivity contribution in [3.63, 3.8) is 0 Å². The van der Waals surface area contributed by atoms with Crippen molar-refractivity contribution in [2.45, 2.75) is 6.54 Å². The Hall–Kier alpha value is -1.90. The molecule has 0 saturated heterocycles. The second-order valence-corrected chi connectivity index (χ2v) is 3.62. The molecule has 0 aromatic carbocycles. The van der Waals surface area contributed by atoms with E-state index in [-0.39, 0.29) is 0 Å². The largest absolute Gasteiger partial charge is 0.337 e. The lowest BCUT2D eigenvalue weighted by Crippen LogP contribution is -2.13. The second kappa shape index (κ2) is 5.43. The SMILES string of the molecule is C#CCNCc1nc(-c2ccc(Cl)cn2)no1. The number of hydrogen-bond acceptors (Lipinski definition) is 5. The molecule has 2 aromatic rings. The lowest BCUT2D eigenvalue weighted by atomic mass is 10.3. The van der Waals surface area contributed by atoms with E-state index < -0.39 is 0 Å². The fourth-order valence-corrected chi connectivity index (χ4v) is 1.29. The van der Waals surface area contributed by atoms with Crippen LogP contribution < -0.4 is 5.32 Å². The quantitative estimate of drug-likeness (QED) is 0.656. The van der Waals surface area contributed by atoms with Crippen LogP contribution in [0.15, 0.2) is 22.9 Å². The molecule has 17 heavy (non-hydrogen) atoms. The Labute approximate surface area is 103 Å². The van der Waals surface area contributed by atoms with Crippen molar-refractivity contribution in [1.82, 2.24) is 20.4 Å². The lowest BCUT2D eigenvalue weighted by Gasteiger charge is -1.93. The third-order valence-electron chi connectivity index (χ3n) is 1.93. The normalized spacial score (nSPS) is 10.1. The zero-order chi connectivity index (χ0) is 12.1. The molecule has 2 aromatic heterocycles. The van der Waals surface area contributed by atoms with Gasteiger partial charge in [-0.05, 0) is 12.1 Å². The Morgan fingerprint density at radius 2 is 2.35 bits per heavy atom. The fraction of sp³-hybridized carbons (Fsp3) is 0.182. The average Bonchev–Trinajstić information content (AvgIpc) is 2.79. The van der Waals surface area contributed by atoms with Crippen LogP contribution in [0.25, 0.3) is 11.5 Å². The smallest absolute Gasteiger partial charge is 0.240 e. The highest BCUT2D eigenvalue weighted by Gasteiger charge is 2.08. The predicted molar refractivity (Wildman–Crippen MR) is 63.1 cm³/mol. The van der Waals surface area contributed by atoms with Crippen LogP contribution in [0.5, 0.6) is 0 Å². The first-order valence-corrected chi connectivity index (χ1v) is 5.26. The summed E-state index contributed by atoms with van der Waals surface area (Å²) in [7, 11) is 0. The summed E-state index contributed by atoms with van der Waals surface area (Å²) in [6.07, 6.45) is 6.63. The van der Waals surface area contributed by atoms with Gasteiger partial charge >= 0.3 is 0 Å². The number of rotatable bonds is 4. The molecule has 2 rings (SSSR count). The van der Waals surface area contributed by atoms with Crippen LogP contribution in [-0.4, -0.2) is 21.7 Å². The van der Waals surface area contributed by atoms with Crippen LogP contribution in [0.3, 0.4) is 0 Å². The summed E-state index contributed by atoms with van der Waals surface area (Å²) >= 11 is 5.73. The highest BCUT2D eigenvalue weighted by molar-refractivity contribution is 6.30. The zero-order valence-electron chi connectivity index (χ0n) is 8.85. The first-order valence-electron chi connectivity index (χ1n) is 4.88. The molecule has 5 nitrogen and oxygen atoms in total. The standard InChI is InChI=1S/C11H9ClN4O/c1-2-5-13-7-10-15-11(16-17-10)9-4-3-8(12)6-14-9/h1,3-4,6,13H,5,7H2. The van der Waals surface area contributed by atoms with Crippen LogP contribution in [-0.2, 0) is 6.54 Å². The molecule has 86 valence electrons. The van der Waals surface area contributed by atoms with Crippen LogP contribution in [0, 0.1) is 12.3 Å². The molecule has 0 atom stereocenters. The molecule has 0 radical (unpaired) electrons. The summed E-state index contributed by atoms with van der Waals surface area (Å²) in [4.78, 5) is 8.26. The van der Waals surface area contributed by atoms with Crippen molar-refractivity contribution in [2.75, 3.05) is 6.54 Å². The van der Waals surface area contributed by atoms with Crippen molar-refractivity contribution in [1.29, 1.82) is 0 Å². The molecule has 0 aliphatic rings. The fourth-order valence-electron chi connectivity index (χ4n) is 1.18. The van der Waals surface area contributed by atoms with E-state index in [0.717, 1.165) is 0 Å². The van der Waals surface area contributed by atoms with E-state index in [1.807, 2.05) is 0 Å². The number of pyridine rings is 1. The molecule has 2 heterocycles. The van der Waals surface area contributed by atoms with Gasteiger partial charge in [-0.1, -0.05) is 22.7 Å². The minimum Gasteiger partial charge on any atom is -0.337 e. The molecule has 0 spiro atoms. The maximum atomic E-state index is 5.73. The van der Waals surface area contributed by atoms with Gasteiger partial charge in [0.15, 0.2) is 0 Å². The monoisotopic (exact) mass is 248 g/mol. The summed E-state index contributed by atoms with van der Waals surface area (Å²) in [5.41, 5.74) is 0.612. The van der Waals surface area contributed by atoms with Gasteiger partial charge < -0.3 is 4.52 Å². The van der Waals surface area contributed by atoms with Gasteiger partial charge in [-0.25, -0.2) is 0 Å². The van der Waals surface area contributed by atoms with E-state index in [4.69, 9.17) is 22.5 Å². The maximum Gasteiger partial charge on any atom is 0.240 e. The van der Waals surface area contributed by atoms with Gasteiger partial charge in [-0.15, -0.1) is 6.42 Å². The van der Waals surface area contributed by atoms with Gasteiger partial charge in [0.1, 0.15) is 5.69 Å². The first kappa shape index (κ1) is 11.6. The predicted octanol–water partition coefficient (Wildman–Crippen LogP) is 1.51. The number of terminal acetylenes is 1. The summed E-state index contributed by atoms with van der Waals surface area (Å²) in [6.45, 7) is 0.891. The second-order valence-electron chi connectivity index (χ2n) is 3.18. The molecule has 1 N–H and O–H groups in total. The topological polar surface area (TPSA) is 63.8 Å². The highest BCUT2D eigenvalue weighted by atomic mass is 35.5. The summed E-state index contributed by atoms with van der Waals surface area (Å²) in [5.74, 6) is 3.35. The molecule has 0 bridgehead atoms. The zero-order valence-corrected chi connectivity index (χ0v) is 9.61. The van der Waals surface area contributed by atoms with Crippen LogP contribution in [0.2, 0.25) is 5.02 Å². The van der Waals surface area contributed by atoms with E-state index in [1.165, 1.54) is 6.20 Å². The molecular weight excluding hydrogens is 240 g/mol. The summed E-state index contributed by atoms with van der Waals surface area (Å²) < 4.78 is 5.03. The van der Waals surface area contributed by atoms with E-state index in [0.29, 0.717) is 35.5 Å². The molecule has 0 fully saturated rings. The minimum atomic E-state index is 0.430. The van der Waals surface area contributed by atoms with Gasteiger partial charge in [0.2, 0.25) is 11.7 Å². The molecule has 0 aliphatic carbocycles. The van der Waals surface area contributed by atoms with Gasteiger partial charge in [0.25, 0.3) is 0 Å². The molecule has 6 heteroatoms. The number of halogens is 1. The number of nitrogens with zero attached hydrogens (tertiary/aromatic N) is 3. The van der Waals surface area contributed by atoms with E-state index >= 15 is 0 Å². The maximum absolute atomic E-state index is 5.73. The van der Waals surface area contributed by atoms with Gasteiger partial charge in [0, 0.05) is 6.20 Å². The van der Waals surface area contributed by atoms with Gasteiger partial charge in [-0.2, -0.15) is 4.98 Å². The number of aromatic nitrogens is 3.